The van der Waals surface area contributed by atoms with E-state index in [1.165, 1.54) is 0 Å². The summed E-state index contributed by atoms with van der Waals surface area (Å²) >= 11 is 3.14. The van der Waals surface area contributed by atoms with Crippen molar-refractivity contribution in [2.45, 2.75) is 18.6 Å². The van der Waals surface area contributed by atoms with Gasteiger partial charge < -0.3 is 19.4 Å². The minimum absolute atomic E-state index is 0.0513. The molecule has 8 aromatic rings. The molecule has 17 heteroatoms. The van der Waals surface area contributed by atoms with Gasteiger partial charge in [-0.1, -0.05) is 72.8 Å². The molecule has 3 fully saturated rings. The number of rotatable bonds is 10. The van der Waals surface area contributed by atoms with Crippen LogP contribution in [-0.2, 0) is 19.4 Å². The maximum Gasteiger partial charge on any atom is 0.242 e. The van der Waals surface area contributed by atoms with Crippen molar-refractivity contribution in [2.24, 2.45) is 0 Å². The van der Waals surface area contributed by atoms with Crippen molar-refractivity contribution >= 4 is 70.5 Å². The lowest BCUT2D eigenvalue weighted by Crippen LogP contribution is -2.51. The van der Waals surface area contributed by atoms with Crippen molar-refractivity contribution in [3.05, 3.63) is 120 Å². The van der Waals surface area contributed by atoms with Crippen LogP contribution >= 0.6 is 22.7 Å². The summed E-state index contributed by atoms with van der Waals surface area (Å²) in [5, 5.41) is 6.16. The molecule has 0 spiro atoms. The Hall–Kier alpha value is -6.24. The number of hydrogen-bond donors (Lipinski definition) is 0. The van der Waals surface area contributed by atoms with Gasteiger partial charge in [0.25, 0.3) is 0 Å². The van der Waals surface area contributed by atoms with E-state index in [0.717, 1.165) is 61.6 Å². The first-order chi connectivity index (χ1) is 32.2. The molecule has 0 radical (unpaired) electrons. The molecule has 0 N–H and O–H groups in total. The number of likely N-dealkylation sites (N-methyl/N-ethyl adjacent to an activating group) is 1. The number of amides is 1. The van der Waals surface area contributed by atoms with Gasteiger partial charge in [-0.3, -0.25) is 14.7 Å². The SMILES string of the molecule is CN(CC(=O)N1CCOC(c2cccc(-c3nc(N4CCN(C5CCS(=O)(=O)C5)CC4)c4c(-c5ccccc5)csc4n3)n2)C1)c1nc(-c2ccccn2)nc2scc(-c3ccccc3)c12. The summed E-state index contributed by atoms with van der Waals surface area (Å²) in [6.07, 6.45) is 1.96. The minimum atomic E-state index is -2.98. The predicted octanol–water partition coefficient (Wildman–Crippen LogP) is 7.50. The molecule has 2 aromatic carbocycles. The molecule has 11 rings (SSSR count). The molecule has 2 atom stereocenters. The zero-order chi connectivity index (χ0) is 44.8. The molecular weight excluding hydrogens is 889 g/mol. The lowest BCUT2D eigenvalue weighted by Gasteiger charge is -2.38. The fourth-order valence-corrected chi connectivity index (χ4v) is 12.9. The number of ether oxygens (including phenoxy) is 1. The summed E-state index contributed by atoms with van der Waals surface area (Å²) in [6, 6.07) is 32.0. The molecule has 66 heavy (non-hydrogen) atoms. The van der Waals surface area contributed by atoms with Gasteiger partial charge in [0, 0.05) is 73.9 Å². The number of carbonyl (C=O) groups excluding carboxylic acids is 1. The normalized spacial score (nSPS) is 18.9. The Morgan fingerprint density at radius 3 is 2.09 bits per heavy atom. The number of pyridine rings is 2. The van der Waals surface area contributed by atoms with Gasteiger partial charge in [-0.25, -0.2) is 33.3 Å². The number of anilines is 2. The van der Waals surface area contributed by atoms with Gasteiger partial charge in [0.2, 0.25) is 5.91 Å². The third kappa shape index (κ3) is 8.41. The van der Waals surface area contributed by atoms with E-state index in [9.17, 15) is 13.2 Å². The number of benzene rings is 2. The first-order valence-electron chi connectivity index (χ1n) is 22.1. The van der Waals surface area contributed by atoms with Gasteiger partial charge in [-0.05, 0) is 41.8 Å². The highest BCUT2D eigenvalue weighted by atomic mass is 32.2. The molecular formula is C49H46N10O4S3. The zero-order valence-electron chi connectivity index (χ0n) is 36.2. The van der Waals surface area contributed by atoms with Gasteiger partial charge >= 0.3 is 0 Å². The fraction of sp³-hybridized carbons (Fsp3) is 0.286. The Labute approximate surface area is 390 Å². The summed E-state index contributed by atoms with van der Waals surface area (Å²) in [5.41, 5.74) is 6.22. The van der Waals surface area contributed by atoms with E-state index in [-0.39, 0.29) is 30.0 Å². The highest BCUT2D eigenvalue weighted by Gasteiger charge is 2.35. The van der Waals surface area contributed by atoms with E-state index in [1.807, 2.05) is 89.6 Å². The van der Waals surface area contributed by atoms with Crippen LogP contribution in [0.4, 0.5) is 11.6 Å². The minimum Gasteiger partial charge on any atom is -0.368 e. The maximum absolute atomic E-state index is 14.3. The Kier molecular flexibility index (Phi) is 11.5. The van der Waals surface area contributed by atoms with Crippen LogP contribution in [0.3, 0.4) is 0 Å². The molecule has 1 amide bonds. The Morgan fingerprint density at radius 1 is 0.742 bits per heavy atom. The van der Waals surface area contributed by atoms with Gasteiger partial charge in [0.1, 0.15) is 38.8 Å². The third-order valence-corrected chi connectivity index (χ3v) is 16.2. The number of morpholine rings is 1. The average Bonchev–Trinajstić information content (AvgIpc) is 4.11. The van der Waals surface area contributed by atoms with Gasteiger partial charge in [-0.15, -0.1) is 22.7 Å². The zero-order valence-corrected chi connectivity index (χ0v) is 38.7. The standard InChI is InChI=1S/C49H46N10O4S3/c1-56(46-42-35(32-11-4-2-5-12-32)29-64-48(42)54-44(52-46)38-15-8-9-19-50-38)28-41(60)59-24-25-63-40(27-59)37-16-10-17-39(51-37)45-53-47(43-36(30-65-49(43)55-45)33-13-6-3-7-14-33)58-22-20-57(21-23-58)34-18-26-66(61,62)31-34/h2-17,19,29-30,34,40H,18,20-28,31H2,1H3. The Balaban J connectivity index is 0.855. The van der Waals surface area contributed by atoms with Crippen LogP contribution in [0.15, 0.2) is 114 Å². The molecule has 14 nitrogen and oxygen atoms in total. The van der Waals surface area contributed by atoms with E-state index in [2.05, 4.69) is 49.8 Å². The molecule has 3 saturated heterocycles. The van der Waals surface area contributed by atoms with Crippen LogP contribution in [-0.4, -0.2) is 131 Å². The number of aromatic nitrogens is 6. The van der Waals surface area contributed by atoms with Crippen molar-refractivity contribution in [2.75, 3.05) is 80.8 Å². The van der Waals surface area contributed by atoms with Crippen LogP contribution in [0.1, 0.15) is 18.2 Å². The number of piperazine rings is 1. The lowest BCUT2D eigenvalue weighted by atomic mass is 10.1. The van der Waals surface area contributed by atoms with Crippen molar-refractivity contribution in [3.8, 4) is 45.3 Å². The second-order valence-electron chi connectivity index (χ2n) is 16.9. The summed E-state index contributed by atoms with van der Waals surface area (Å²) in [7, 11) is -1.08. The van der Waals surface area contributed by atoms with Crippen LogP contribution in [0.5, 0.6) is 0 Å². The molecule has 9 heterocycles. The first kappa shape index (κ1) is 42.4. The molecule has 6 aromatic heterocycles. The smallest absolute Gasteiger partial charge is 0.242 e. The van der Waals surface area contributed by atoms with E-state index in [1.54, 1.807) is 28.9 Å². The molecule has 3 aliphatic rings. The van der Waals surface area contributed by atoms with E-state index in [0.29, 0.717) is 73.8 Å². The molecule has 0 aliphatic carbocycles. The largest absolute Gasteiger partial charge is 0.368 e. The number of thiophene rings is 2. The molecule has 0 saturated carbocycles. The lowest BCUT2D eigenvalue weighted by molar-refractivity contribution is -0.137. The maximum atomic E-state index is 14.3. The number of carbonyl (C=O) groups is 1. The van der Waals surface area contributed by atoms with Crippen LogP contribution in [0.25, 0.3) is 65.7 Å². The van der Waals surface area contributed by atoms with Crippen molar-refractivity contribution < 1.29 is 17.9 Å². The molecule has 334 valence electrons. The van der Waals surface area contributed by atoms with Gasteiger partial charge in [-0.2, -0.15) is 0 Å². The summed E-state index contributed by atoms with van der Waals surface area (Å²) in [6.45, 7) is 4.16. The van der Waals surface area contributed by atoms with Crippen molar-refractivity contribution in [1.82, 2.24) is 39.7 Å². The number of sulfone groups is 1. The molecule has 2 unspecified atom stereocenters. The summed E-state index contributed by atoms with van der Waals surface area (Å²) in [4.78, 5) is 54.4. The second kappa shape index (κ2) is 17.9. The fourth-order valence-electron chi connectivity index (χ4n) is 9.29. The topological polar surface area (TPSA) is 151 Å². The van der Waals surface area contributed by atoms with Gasteiger partial charge in [0.05, 0.1) is 47.7 Å². The average molecular weight is 935 g/mol. The molecule has 3 aliphatic heterocycles. The Morgan fingerprint density at radius 2 is 1.41 bits per heavy atom. The van der Waals surface area contributed by atoms with Crippen molar-refractivity contribution in [1.29, 1.82) is 0 Å². The number of hydrogen-bond acceptors (Lipinski definition) is 15. The summed E-state index contributed by atoms with van der Waals surface area (Å²) < 4.78 is 31.0. The summed E-state index contributed by atoms with van der Waals surface area (Å²) in [5.74, 6) is 2.98. The highest BCUT2D eigenvalue weighted by molar-refractivity contribution is 7.91. The van der Waals surface area contributed by atoms with E-state index >= 15 is 0 Å². The predicted molar refractivity (Wildman–Crippen MR) is 262 cm³/mol. The quantitative estimate of drug-likeness (QED) is 0.133. The highest BCUT2D eigenvalue weighted by Crippen LogP contribution is 2.41. The monoisotopic (exact) mass is 934 g/mol. The van der Waals surface area contributed by atoms with Crippen LogP contribution in [0, 0.1) is 0 Å². The van der Waals surface area contributed by atoms with E-state index < -0.39 is 15.9 Å². The van der Waals surface area contributed by atoms with Crippen LogP contribution < -0.4 is 9.80 Å². The first-order valence-corrected chi connectivity index (χ1v) is 25.7. The van der Waals surface area contributed by atoms with Crippen LogP contribution in [0.2, 0.25) is 0 Å². The third-order valence-electron chi connectivity index (χ3n) is 12.7. The van der Waals surface area contributed by atoms with E-state index in [4.69, 9.17) is 29.7 Å². The van der Waals surface area contributed by atoms with Gasteiger partial charge in [0.15, 0.2) is 21.5 Å². The Bertz CT molecular complexity index is 3160. The number of nitrogens with zero attached hydrogens (tertiary/aromatic N) is 10. The van der Waals surface area contributed by atoms with Crippen molar-refractivity contribution in [3.63, 3.8) is 0 Å². The number of fused-ring (bicyclic) bond motifs is 2. The second-order valence-corrected chi connectivity index (χ2v) is 20.9. The molecule has 0 bridgehead atoms.